The smallest absolute Gasteiger partial charge is 0.221 e. The molecule has 2 heterocycles. The number of benzene rings is 1. The largest absolute Gasteiger partial charge is 0.379 e. The van der Waals surface area contributed by atoms with E-state index in [0.29, 0.717) is 13.0 Å². The van der Waals surface area contributed by atoms with Crippen LogP contribution in [0, 0.1) is 0 Å². The van der Waals surface area contributed by atoms with Crippen molar-refractivity contribution in [1.29, 1.82) is 0 Å². The van der Waals surface area contributed by atoms with Crippen molar-refractivity contribution in [3.63, 3.8) is 0 Å². The highest BCUT2D eigenvalue weighted by molar-refractivity contribution is 5.85. The van der Waals surface area contributed by atoms with Crippen LogP contribution in [-0.4, -0.2) is 48.6 Å². The molecule has 0 aliphatic carbocycles. The molecule has 1 aromatic carbocycles. The first-order valence-electron chi connectivity index (χ1n) is 7.71. The number of pyridine rings is 1. The fourth-order valence-electron chi connectivity index (χ4n) is 2.71. The molecule has 0 bridgehead atoms. The highest BCUT2D eigenvalue weighted by Gasteiger charge is 2.12. The Hall–Kier alpha value is -1.98. The third-order valence-electron chi connectivity index (χ3n) is 4.01. The van der Waals surface area contributed by atoms with Crippen LogP contribution >= 0.6 is 0 Å². The lowest BCUT2D eigenvalue weighted by Gasteiger charge is -2.26. The van der Waals surface area contributed by atoms with Crippen molar-refractivity contribution in [1.82, 2.24) is 15.2 Å². The Bertz CT molecular complexity index is 633. The Labute approximate surface area is 130 Å². The van der Waals surface area contributed by atoms with Crippen molar-refractivity contribution in [2.24, 2.45) is 0 Å². The predicted molar refractivity (Wildman–Crippen MR) is 85.5 cm³/mol. The number of nitrogens with one attached hydrogen (secondary N) is 1. The van der Waals surface area contributed by atoms with Crippen molar-refractivity contribution in [2.45, 2.75) is 13.0 Å². The fourth-order valence-corrected chi connectivity index (χ4v) is 2.71. The zero-order chi connectivity index (χ0) is 15.2. The van der Waals surface area contributed by atoms with Gasteiger partial charge >= 0.3 is 0 Å². The van der Waals surface area contributed by atoms with E-state index in [1.54, 1.807) is 6.20 Å². The average Bonchev–Trinajstić information content (AvgIpc) is 2.59. The van der Waals surface area contributed by atoms with E-state index in [9.17, 15) is 4.79 Å². The summed E-state index contributed by atoms with van der Waals surface area (Å²) in [4.78, 5) is 18.4. The number of carbonyl (C=O) groups is 1. The van der Waals surface area contributed by atoms with Gasteiger partial charge in [0.25, 0.3) is 0 Å². The van der Waals surface area contributed by atoms with Crippen LogP contribution < -0.4 is 5.32 Å². The van der Waals surface area contributed by atoms with Gasteiger partial charge in [-0.05, 0) is 17.0 Å². The van der Waals surface area contributed by atoms with Gasteiger partial charge in [-0.25, -0.2) is 0 Å². The number of carbonyl (C=O) groups excluding carboxylic acids is 1. The average molecular weight is 299 g/mol. The van der Waals surface area contributed by atoms with Crippen molar-refractivity contribution in [3.8, 4) is 0 Å². The topological polar surface area (TPSA) is 54.5 Å². The number of morpholine rings is 1. The summed E-state index contributed by atoms with van der Waals surface area (Å²) in [5.74, 6) is 0.0950. The summed E-state index contributed by atoms with van der Waals surface area (Å²) in [5.41, 5.74) is 1.12. The van der Waals surface area contributed by atoms with Gasteiger partial charge in [-0.3, -0.25) is 14.7 Å². The van der Waals surface area contributed by atoms with E-state index in [2.05, 4.69) is 15.2 Å². The van der Waals surface area contributed by atoms with Crippen LogP contribution in [0.5, 0.6) is 0 Å². The van der Waals surface area contributed by atoms with Gasteiger partial charge in [0.05, 0.1) is 13.2 Å². The van der Waals surface area contributed by atoms with Gasteiger partial charge in [0, 0.05) is 50.4 Å². The zero-order valence-corrected chi connectivity index (χ0v) is 12.6. The molecule has 1 N–H and O–H groups in total. The standard InChI is InChI=1S/C17H21N3O2/c21-17(5-7-20-8-10-22-11-9-20)19-13-15-3-1-2-14-12-18-6-4-16(14)15/h1-4,6,12H,5,7-11,13H2,(H,19,21). The Morgan fingerprint density at radius 1 is 1.27 bits per heavy atom. The minimum atomic E-state index is 0.0950. The van der Waals surface area contributed by atoms with E-state index in [1.165, 1.54) is 0 Å². The highest BCUT2D eigenvalue weighted by Crippen LogP contribution is 2.17. The summed E-state index contributed by atoms with van der Waals surface area (Å²) in [5, 5.41) is 5.26. The summed E-state index contributed by atoms with van der Waals surface area (Å²) in [6.07, 6.45) is 4.16. The Morgan fingerprint density at radius 2 is 2.14 bits per heavy atom. The van der Waals surface area contributed by atoms with E-state index >= 15 is 0 Å². The molecular formula is C17H21N3O2. The lowest BCUT2D eigenvalue weighted by molar-refractivity contribution is -0.121. The number of fused-ring (bicyclic) bond motifs is 1. The molecule has 1 aromatic heterocycles. The van der Waals surface area contributed by atoms with Gasteiger partial charge in [0.2, 0.25) is 5.91 Å². The molecule has 1 aliphatic heterocycles. The van der Waals surface area contributed by atoms with Crippen LogP contribution in [0.4, 0.5) is 0 Å². The predicted octanol–water partition coefficient (Wildman–Crippen LogP) is 1.57. The van der Waals surface area contributed by atoms with Gasteiger partial charge < -0.3 is 10.1 Å². The zero-order valence-electron chi connectivity index (χ0n) is 12.6. The molecule has 1 fully saturated rings. The molecule has 1 saturated heterocycles. The van der Waals surface area contributed by atoms with Crippen molar-refractivity contribution < 1.29 is 9.53 Å². The van der Waals surface area contributed by atoms with Gasteiger partial charge in [0.15, 0.2) is 0 Å². The number of hydrogen-bond acceptors (Lipinski definition) is 4. The summed E-state index contributed by atoms with van der Waals surface area (Å²) in [7, 11) is 0. The number of hydrogen-bond donors (Lipinski definition) is 1. The minimum Gasteiger partial charge on any atom is -0.379 e. The highest BCUT2D eigenvalue weighted by atomic mass is 16.5. The number of ether oxygens (including phenoxy) is 1. The maximum absolute atomic E-state index is 12.0. The molecule has 1 amide bonds. The third kappa shape index (κ3) is 3.81. The van der Waals surface area contributed by atoms with Crippen molar-refractivity contribution >= 4 is 16.7 Å². The molecule has 22 heavy (non-hydrogen) atoms. The van der Waals surface area contributed by atoms with E-state index in [-0.39, 0.29) is 5.91 Å². The Balaban J connectivity index is 1.51. The van der Waals surface area contributed by atoms with Crippen LogP contribution in [0.25, 0.3) is 10.8 Å². The summed E-state index contributed by atoms with van der Waals surface area (Å²) in [6.45, 7) is 4.74. The van der Waals surface area contributed by atoms with Crippen LogP contribution in [0.15, 0.2) is 36.7 Å². The quantitative estimate of drug-likeness (QED) is 0.910. The van der Waals surface area contributed by atoms with E-state index in [0.717, 1.165) is 49.2 Å². The molecule has 5 heteroatoms. The number of rotatable bonds is 5. The van der Waals surface area contributed by atoms with Gasteiger partial charge in [-0.1, -0.05) is 18.2 Å². The minimum absolute atomic E-state index is 0.0950. The second-order valence-corrected chi connectivity index (χ2v) is 5.49. The maximum atomic E-state index is 12.0. The summed E-state index contributed by atoms with van der Waals surface area (Å²) < 4.78 is 5.31. The summed E-state index contributed by atoms with van der Waals surface area (Å²) in [6, 6.07) is 8.07. The molecule has 0 atom stereocenters. The first kappa shape index (κ1) is 14.9. The SMILES string of the molecule is O=C(CCN1CCOCC1)NCc1cccc2cnccc12. The molecule has 1 aliphatic rings. The first-order valence-corrected chi connectivity index (χ1v) is 7.71. The number of amides is 1. The fraction of sp³-hybridized carbons (Fsp3) is 0.412. The number of aromatic nitrogens is 1. The monoisotopic (exact) mass is 299 g/mol. The van der Waals surface area contributed by atoms with Gasteiger partial charge in [0.1, 0.15) is 0 Å². The van der Waals surface area contributed by atoms with Crippen molar-refractivity contribution in [2.75, 3.05) is 32.8 Å². The molecule has 0 radical (unpaired) electrons. The molecule has 0 spiro atoms. The second-order valence-electron chi connectivity index (χ2n) is 5.49. The van der Waals surface area contributed by atoms with Gasteiger partial charge in [-0.15, -0.1) is 0 Å². The molecular weight excluding hydrogens is 278 g/mol. The van der Waals surface area contributed by atoms with E-state index < -0.39 is 0 Å². The lowest BCUT2D eigenvalue weighted by Crippen LogP contribution is -2.38. The second kappa shape index (κ2) is 7.33. The van der Waals surface area contributed by atoms with Gasteiger partial charge in [-0.2, -0.15) is 0 Å². The van der Waals surface area contributed by atoms with Crippen LogP contribution in [0.1, 0.15) is 12.0 Å². The molecule has 116 valence electrons. The third-order valence-corrected chi connectivity index (χ3v) is 4.01. The molecule has 5 nitrogen and oxygen atoms in total. The summed E-state index contributed by atoms with van der Waals surface area (Å²) >= 11 is 0. The Kier molecular flexibility index (Phi) is 4.98. The van der Waals surface area contributed by atoms with E-state index in [4.69, 9.17) is 4.74 Å². The molecule has 0 saturated carbocycles. The van der Waals surface area contributed by atoms with Crippen LogP contribution in [0.3, 0.4) is 0 Å². The lowest BCUT2D eigenvalue weighted by atomic mass is 10.1. The molecule has 3 rings (SSSR count). The van der Waals surface area contributed by atoms with E-state index in [1.807, 2.05) is 30.5 Å². The first-order chi connectivity index (χ1) is 10.8. The number of nitrogens with zero attached hydrogens (tertiary/aromatic N) is 2. The normalized spacial score (nSPS) is 15.8. The maximum Gasteiger partial charge on any atom is 0.221 e. The Morgan fingerprint density at radius 3 is 3.00 bits per heavy atom. The van der Waals surface area contributed by atoms with Crippen LogP contribution in [-0.2, 0) is 16.1 Å². The molecule has 0 unspecified atom stereocenters. The van der Waals surface area contributed by atoms with Crippen molar-refractivity contribution in [3.05, 3.63) is 42.2 Å². The molecule has 2 aromatic rings. The van der Waals surface area contributed by atoms with Crippen LogP contribution in [0.2, 0.25) is 0 Å².